The van der Waals surface area contributed by atoms with Gasteiger partial charge >= 0.3 is 5.97 Å². The van der Waals surface area contributed by atoms with Crippen LogP contribution in [-0.2, 0) is 4.74 Å². The normalized spacial score (nSPS) is 11.7. The van der Waals surface area contributed by atoms with Crippen molar-refractivity contribution in [2.24, 2.45) is 0 Å². The Morgan fingerprint density at radius 3 is 2.34 bits per heavy atom. The van der Waals surface area contributed by atoms with Crippen molar-refractivity contribution >= 4 is 34.3 Å². The number of ether oxygens (including phenoxy) is 1. The van der Waals surface area contributed by atoms with Crippen molar-refractivity contribution in [1.82, 2.24) is 4.98 Å². The summed E-state index contributed by atoms with van der Waals surface area (Å²) in [6.45, 7) is 9.72. The number of halogens is 1. The molecule has 0 unspecified atom stereocenters. The number of pyridine rings is 1. The molecule has 2 aromatic carbocycles. The highest BCUT2D eigenvalue weighted by Crippen LogP contribution is 2.38. The molecule has 0 saturated heterocycles. The van der Waals surface area contributed by atoms with E-state index in [1.54, 1.807) is 0 Å². The van der Waals surface area contributed by atoms with Gasteiger partial charge in [-0.15, -0.1) is 0 Å². The van der Waals surface area contributed by atoms with Crippen LogP contribution in [0.15, 0.2) is 48.5 Å². The lowest BCUT2D eigenvalue weighted by atomic mass is 9.95. The van der Waals surface area contributed by atoms with Gasteiger partial charge in [-0.05, 0) is 58.4 Å². The van der Waals surface area contributed by atoms with Gasteiger partial charge in [0.15, 0.2) is 0 Å². The number of carbonyl (C=O) groups is 1. The number of hydrogen-bond donors (Lipinski definition) is 0. The average Bonchev–Trinajstić information content (AvgIpc) is 2.65. The summed E-state index contributed by atoms with van der Waals surface area (Å²) in [5, 5.41) is 1.42. The Balaban J connectivity index is 2.44. The van der Waals surface area contributed by atoms with E-state index in [4.69, 9.17) is 21.3 Å². The third kappa shape index (κ3) is 4.54. The van der Waals surface area contributed by atoms with Crippen LogP contribution in [-0.4, -0.2) is 29.6 Å². The summed E-state index contributed by atoms with van der Waals surface area (Å²) in [6, 6.07) is 15.6. The second kappa shape index (κ2) is 8.03. The van der Waals surface area contributed by atoms with Crippen LogP contribution in [0.3, 0.4) is 0 Å². The van der Waals surface area contributed by atoms with Crippen LogP contribution in [0.25, 0.3) is 22.0 Å². The number of hydrogen-bond acceptors (Lipinski definition) is 4. The van der Waals surface area contributed by atoms with Crippen LogP contribution in [0.4, 0.5) is 5.82 Å². The predicted octanol–water partition coefficient (Wildman–Crippen LogP) is 6.36. The van der Waals surface area contributed by atoms with Gasteiger partial charge in [0.2, 0.25) is 0 Å². The molecule has 0 aliphatic heterocycles. The Labute approximate surface area is 177 Å². The fourth-order valence-electron chi connectivity index (χ4n) is 3.15. The van der Waals surface area contributed by atoms with E-state index < -0.39 is 11.6 Å². The van der Waals surface area contributed by atoms with Crippen LogP contribution in [0.5, 0.6) is 0 Å². The van der Waals surface area contributed by atoms with Crippen molar-refractivity contribution in [3.05, 3.63) is 59.1 Å². The minimum absolute atomic E-state index is 0.150. The Hall–Kier alpha value is -2.59. The molecule has 3 rings (SSSR count). The molecule has 0 radical (unpaired) electrons. The van der Waals surface area contributed by atoms with Gasteiger partial charge in [-0.25, -0.2) is 9.78 Å². The summed E-state index contributed by atoms with van der Waals surface area (Å²) >= 11 is 6.31. The van der Waals surface area contributed by atoms with Crippen molar-refractivity contribution in [3.63, 3.8) is 0 Å². The molecule has 0 atom stereocenters. The van der Waals surface area contributed by atoms with Gasteiger partial charge in [0, 0.05) is 29.1 Å². The molecule has 0 bridgehead atoms. The summed E-state index contributed by atoms with van der Waals surface area (Å²) in [6.07, 6.45) is 0. The topological polar surface area (TPSA) is 42.4 Å². The largest absolute Gasteiger partial charge is 0.456 e. The summed E-state index contributed by atoms with van der Waals surface area (Å²) in [5.74, 6) is 0.205. The Kier molecular flexibility index (Phi) is 5.85. The van der Waals surface area contributed by atoms with E-state index in [1.807, 2.05) is 81.2 Å². The molecule has 0 fully saturated rings. The number of aromatic nitrogens is 1. The Bertz CT molecular complexity index is 1040. The molecule has 4 nitrogen and oxygen atoms in total. The zero-order valence-corrected chi connectivity index (χ0v) is 18.5. The van der Waals surface area contributed by atoms with Crippen molar-refractivity contribution < 1.29 is 9.53 Å². The molecule has 152 valence electrons. The molecule has 0 spiro atoms. The van der Waals surface area contributed by atoms with E-state index >= 15 is 0 Å². The molecule has 0 amide bonds. The van der Waals surface area contributed by atoms with Gasteiger partial charge in [-0.1, -0.05) is 41.9 Å². The lowest BCUT2D eigenvalue weighted by molar-refractivity contribution is 0.00710. The van der Waals surface area contributed by atoms with Crippen LogP contribution in [0.1, 0.15) is 45.0 Å². The fraction of sp³-hybridized carbons (Fsp3) is 0.333. The highest BCUT2D eigenvalue weighted by atomic mass is 35.5. The van der Waals surface area contributed by atoms with Crippen LogP contribution in [0, 0.1) is 0 Å². The van der Waals surface area contributed by atoms with Gasteiger partial charge < -0.3 is 9.64 Å². The first-order chi connectivity index (χ1) is 13.6. The molecule has 0 aliphatic carbocycles. The van der Waals surface area contributed by atoms with Gasteiger partial charge in [0.1, 0.15) is 17.0 Å². The smallest absolute Gasteiger partial charge is 0.343 e. The highest BCUT2D eigenvalue weighted by molar-refractivity contribution is 6.31. The average molecular weight is 411 g/mol. The lowest BCUT2D eigenvalue weighted by Gasteiger charge is -2.28. The van der Waals surface area contributed by atoms with E-state index in [-0.39, 0.29) is 6.04 Å². The standard InChI is InChI=1S/C24H27ClN2O2/c1-15(2)27(6)22-21(23(28)29-24(3,4)5)20(16-10-8-7-9-11-16)18-14-17(25)12-13-19(18)26-22/h7-15H,1-6H3. The highest BCUT2D eigenvalue weighted by Gasteiger charge is 2.29. The fourth-order valence-corrected chi connectivity index (χ4v) is 3.32. The lowest BCUT2D eigenvalue weighted by Crippen LogP contribution is -2.31. The number of fused-ring (bicyclic) bond motifs is 1. The summed E-state index contributed by atoms with van der Waals surface area (Å²) in [5.41, 5.74) is 2.32. The minimum atomic E-state index is -0.623. The van der Waals surface area contributed by atoms with Crippen LogP contribution < -0.4 is 4.90 Å². The SMILES string of the molecule is CC(C)N(C)c1nc2ccc(Cl)cc2c(-c2ccccc2)c1C(=O)OC(C)(C)C. The zero-order valence-electron chi connectivity index (χ0n) is 17.8. The Morgan fingerprint density at radius 1 is 1.10 bits per heavy atom. The summed E-state index contributed by atoms with van der Waals surface area (Å²) < 4.78 is 5.80. The number of benzene rings is 2. The summed E-state index contributed by atoms with van der Waals surface area (Å²) in [7, 11) is 1.94. The predicted molar refractivity (Wildman–Crippen MR) is 121 cm³/mol. The van der Waals surface area contributed by atoms with Crippen molar-refractivity contribution in [2.75, 3.05) is 11.9 Å². The molecule has 3 aromatic rings. The molecular weight excluding hydrogens is 384 g/mol. The molecule has 0 aliphatic rings. The van der Waals surface area contributed by atoms with Crippen molar-refractivity contribution in [1.29, 1.82) is 0 Å². The maximum Gasteiger partial charge on any atom is 0.343 e. The van der Waals surface area contributed by atoms with Gasteiger partial charge in [-0.3, -0.25) is 0 Å². The van der Waals surface area contributed by atoms with Crippen molar-refractivity contribution in [3.8, 4) is 11.1 Å². The monoisotopic (exact) mass is 410 g/mol. The number of anilines is 1. The van der Waals surface area contributed by atoms with E-state index in [0.29, 0.717) is 16.4 Å². The van der Waals surface area contributed by atoms with Gasteiger partial charge in [-0.2, -0.15) is 0 Å². The van der Waals surface area contributed by atoms with E-state index in [9.17, 15) is 4.79 Å². The molecule has 1 heterocycles. The number of carbonyl (C=O) groups excluding carboxylic acids is 1. The Morgan fingerprint density at radius 2 is 1.76 bits per heavy atom. The first-order valence-corrected chi connectivity index (χ1v) is 10.1. The van der Waals surface area contributed by atoms with E-state index in [1.165, 1.54) is 0 Å². The van der Waals surface area contributed by atoms with Gasteiger partial charge in [0.25, 0.3) is 0 Å². The quantitative estimate of drug-likeness (QED) is 0.469. The maximum absolute atomic E-state index is 13.4. The number of rotatable bonds is 4. The first-order valence-electron chi connectivity index (χ1n) is 9.73. The minimum Gasteiger partial charge on any atom is -0.456 e. The number of esters is 1. The zero-order chi connectivity index (χ0) is 21.3. The van der Waals surface area contributed by atoms with E-state index in [2.05, 4.69) is 13.8 Å². The van der Waals surface area contributed by atoms with Gasteiger partial charge in [0.05, 0.1) is 5.52 Å². The molecule has 0 N–H and O–H groups in total. The van der Waals surface area contributed by atoms with Crippen molar-refractivity contribution in [2.45, 2.75) is 46.3 Å². The third-order valence-corrected chi connectivity index (χ3v) is 4.94. The summed E-state index contributed by atoms with van der Waals surface area (Å²) in [4.78, 5) is 20.2. The van der Waals surface area contributed by atoms with E-state index in [0.717, 1.165) is 22.0 Å². The number of nitrogens with zero attached hydrogens (tertiary/aromatic N) is 2. The molecule has 5 heteroatoms. The molecule has 29 heavy (non-hydrogen) atoms. The van der Waals surface area contributed by atoms with Crippen LogP contribution in [0.2, 0.25) is 5.02 Å². The van der Waals surface area contributed by atoms with Crippen LogP contribution >= 0.6 is 11.6 Å². The molecule has 0 saturated carbocycles. The molecular formula is C24H27ClN2O2. The maximum atomic E-state index is 13.4. The second-order valence-corrected chi connectivity index (χ2v) is 8.86. The first kappa shape index (κ1) is 21.1. The third-order valence-electron chi connectivity index (χ3n) is 4.70. The second-order valence-electron chi connectivity index (χ2n) is 8.42. The molecule has 1 aromatic heterocycles.